The Morgan fingerprint density at radius 2 is 2.00 bits per heavy atom. The molecule has 9 heteroatoms. The van der Waals surface area contributed by atoms with E-state index in [1.807, 2.05) is 0 Å². The summed E-state index contributed by atoms with van der Waals surface area (Å²) in [7, 11) is -4.38. The molecule has 0 saturated heterocycles. The van der Waals surface area contributed by atoms with Gasteiger partial charge in [0.25, 0.3) is 5.69 Å². The Morgan fingerprint density at radius 1 is 1.47 bits per heavy atom. The number of hydrogen-bond acceptors (Lipinski definition) is 4. The molecule has 0 aliphatic heterocycles. The number of hydrogen-bond donors (Lipinski definition) is 1. The first kappa shape index (κ1) is 11.8. The molecule has 0 saturated carbocycles. The van der Waals surface area contributed by atoms with Crippen LogP contribution in [-0.2, 0) is 10.0 Å². The van der Waals surface area contributed by atoms with Crippen molar-refractivity contribution < 1.29 is 17.7 Å². The van der Waals surface area contributed by atoms with E-state index < -0.39 is 36.4 Å². The van der Waals surface area contributed by atoms with Gasteiger partial charge >= 0.3 is 0 Å². The third-order valence-electron chi connectivity index (χ3n) is 1.50. The Hall–Kier alpha value is -1.25. The molecule has 0 amide bonds. The summed E-state index contributed by atoms with van der Waals surface area (Å²) in [6, 6.07) is 1.21. The van der Waals surface area contributed by atoms with E-state index in [4.69, 9.17) is 11.6 Å². The molecule has 1 aromatic carbocycles. The zero-order valence-corrected chi connectivity index (χ0v) is 8.55. The molecule has 82 valence electrons. The molecule has 0 unspecified atom stereocenters. The van der Waals surface area contributed by atoms with Crippen LogP contribution in [0.4, 0.5) is 10.1 Å². The van der Waals surface area contributed by atoms with Gasteiger partial charge in [0.05, 0.1) is 9.95 Å². The monoisotopic (exact) mass is 254 g/mol. The van der Waals surface area contributed by atoms with Crippen LogP contribution in [0.1, 0.15) is 0 Å². The fourth-order valence-electron chi connectivity index (χ4n) is 0.863. The SMILES string of the molecule is NS(=O)(=O)c1cc([N+](=O)[O-])cc(Cl)c1F. The Labute approximate surface area is 88.7 Å². The lowest BCUT2D eigenvalue weighted by molar-refractivity contribution is -0.385. The van der Waals surface area contributed by atoms with Gasteiger partial charge < -0.3 is 0 Å². The summed E-state index contributed by atoms with van der Waals surface area (Å²) in [5.74, 6) is -1.30. The molecule has 2 N–H and O–H groups in total. The Balaban J connectivity index is 3.59. The summed E-state index contributed by atoms with van der Waals surface area (Å²) in [6.07, 6.45) is 0. The van der Waals surface area contributed by atoms with E-state index >= 15 is 0 Å². The van der Waals surface area contributed by atoms with Gasteiger partial charge in [0.15, 0.2) is 5.82 Å². The molecule has 15 heavy (non-hydrogen) atoms. The highest BCUT2D eigenvalue weighted by Crippen LogP contribution is 2.27. The van der Waals surface area contributed by atoms with Crippen molar-refractivity contribution >= 4 is 27.3 Å². The molecule has 0 atom stereocenters. The zero-order chi connectivity index (χ0) is 11.8. The van der Waals surface area contributed by atoms with Crippen LogP contribution in [-0.4, -0.2) is 13.3 Å². The van der Waals surface area contributed by atoms with Crippen molar-refractivity contribution in [1.29, 1.82) is 0 Å². The van der Waals surface area contributed by atoms with Gasteiger partial charge in [-0.05, 0) is 0 Å². The second-order valence-corrected chi connectivity index (χ2v) is 4.48. The molecule has 0 aromatic heterocycles. The van der Waals surface area contributed by atoms with Crippen LogP contribution in [0.15, 0.2) is 17.0 Å². The van der Waals surface area contributed by atoms with E-state index in [1.54, 1.807) is 0 Å². The predicted octanol–water partition coefficient (Wildman–Crippen LogP) is 1.03. The first-order chi connectivity index (χ1) is 6.73. The van der Waals surface area contributed by atoms with Crippen molar-refractivity contribution in [3.8, 4) is 0 Å². The van der Waals surface area contributed by atoms with E-state index in [-0.39, 0.29) is 0 Å². The van der Waals surface area contributed by atoms with Crippen molar-refractivity contribution in [2.75, 3.05) is 0 Å². The molecule has 0 aliphatic carbocycles. The molecular formula is C6H4ClFN2O4S. The van der Waals surface area contributed by atoms with E-state index in [2.05, 4.69) is 5.14 Å². The summed E-state index contributed by atoms with van der Waals surface area (Å²) >= 11 is 5.27. The maximum atomic E-state index is 13.1. The molecule has 6 nitrogen and oxygen atoms in total. The van der Waals surface area contributed by atoms with Crippen molar-refractivity contribution in [2.45, 2.75) is 4.90 Å². The van der Waals surface area contributed by atoms with Crippen molar-refractivity contribution in [1.82, 2.24) is 0 Å². The first-order valence-electron chi connectivity index (χ1n) is 3.39. The number of nitrogens with zero attached hydrogens (tertiary/aromatic N) is 1. The first-order valence-corrected chi connectivity index (χ1v) is 5.32. The standard InChI is InChI=1S/C6H4ClFN2O4S/c7-4-1-3(10(11)12)2-5(6(4)8)15(9,13)14/h1-2H,(H2,9,13,14). The van der Waals surface area contributed by atoms with Gasteiger partial charge in [-0.1, -0.05) is 11.6 Å². The fourth-order valence-corrected chi connectivity index (χ4v) is 1.78. The molecule has 0 fully saturated rings. The number of primary sulfonamides is 1. The molecular weight excluding hydrogens is 251 g/mol. The topological polar surface area (TPSA) is 103 Å². The largest absolute Gasteiger partial charge is 0.272 e. The van der Waals surface area contributed by atoms with Gasteiger partial charge in [0.1, 0.15) is 4.90 Å². The minimum Gasteiger partial charge on any atom is -0.258 e. The summed E-state index contributed by atoms with van der Waals surface area (Å²) in [6.45, 7) is 0. The number of halogens is 2. The Kier molecular flexibility index (Phi) is 2.93. The average Bonchev–Trinajstić information content (AvgIpc) is 2.06. The Morgan fingerprint density at radius 3 is 2.40 bits per heavy atom. The number of non-ortho nitro benzene ring substituents is 1. The molecule has 0 heterocycles. The van der Waals surface area contributed by atoms with Gasteiger partial charge in [-0.15, -0.1) is 0 Å². The molecule has 1 rings (SSSR count). The van der Waals surface area contributed by atoms with Crippen LogP contribution in [0.3, 0.4) is 0 Å². The summed E-state index contributed by atoms with van der Waals surface area (Å²) < 4.78 is 34.8. The lowest BCUT2D eigenvalue weighted by Crippen LogP contribution is -2.14. The number of benzene rings is 1. The van der Waals surface area contributed by atoms with Gasteiger partial charge in [-0.2, -0.15) is 0 Å². The summed E-state index contributed by atoms with van der Waals surface area (Å²) in [5.41, 5.74) is -0.648. The lowest BCUT2D eigenvalue weighted by Gasteiger charge is -2.01. The number of rotatable bonds is 2. The van der Waals surface area contributed by atoms with Crippen LogP contribution in [0, 0.1) is 15.9 Å². The summed E-state index contributed by atoms with van der Waals surface area (Å²) in [5, 5.41) is 14.3. The van der Waals surface area contributed by atoms with Crippen molar-refractivity contribution in [3.05, 3.63) is 33.1 Å². The number of nitro benzene ring substituents is 1. The maximum absolute atomic E-state index is 13.1. The molecule has 0 aliphatic rings. The summed E-state index contributed by atoms with van der Waals surface area (Å²) in [4.78, 5) is 8.43. The van der Waals surface area contributed by atoms with E-state index in [1.165, 1.54) is 0 Å². The Bertz CT molecular complexity index is 530. The zero-order valence-electron chi connectivity index (χ0n) is 6.98. The highest BCUT2D eigenvalue weighted by molar-refractivity contribution is 7.89. The van der Waals surface area contributed by atoms with Crippen molar-refractivity contribution in [3.63, 3.8) is 0 Å². The van der Waals surface area contributed by atoms with Gasteiger partial charge in [0, 0.05) is 12.1 Å². The highest BCUT2D eigenvalue weighted by Gasteiger charge is 2.22. The third kappa shape index (κ3) is 2.41. The smallest absolute Gasteiger partial charge is 0.258 e. The average molecular weight is 255 g/mol. The van der Waals surface area contributed by atoms with Crippen LogP contribution < -0.4 is 5.14 Å². The number of nitrogens with two attached hydrogens (primary N) is 1. The quantitative estimate of drug-likeness (QED) is 0.629. The highest BCUT2D eigenvalue weighted by atomic mass is 35.5. The third-order valence-corrected chi connectivity index (χ3v) is 2.68. The van der Waals surface area contributed by atoms with Gasteiger partial charge in [-0.3, -0.25) is 10.1 Å². The second-order valence-electron chi connectivity index (χ2n) is 2.54. The fraction of sp³-hybridized carbons (Fsp3) is 0. The van der Waals surface area contributed by atoms with E-state index in [0.29, 0.717) is 12.1 Å². The number of sulfonamides is 1. The number of nitro groups is 1. The molecule has 1 aromatic rings. The van der Waals surface area contributed by atoms with Crippen LogP contribution >= 0.6 is 11.6 Å². The molecule has 0 bridgehead atoms. The predicted molar refractivity (Wildman–Crippen MR) is 49.4 cm³/mol. The lowest BCUT2D eigenvalue weighted by atomic mass is 10.3. The van der Waals surface area contributed by atoms with Gasteiger partial charge in [0.2, 0.25) is 10.0 Å². The molecule has 0 spiro atoms. The van der Waals surface area contributed by atoms with E-state index in [9.17, 15) is 22.9 Å². The van der Waals surface area contributed by atoms with Gasteiger partial charge in [-0.25, -0.2) is 17.9 Å². The van der Waals surface area contributed by atoms with Crippen molar-refractivity contribution in [2.24, 2.45) is 5.14 Å². The normalized spacial score (nSPS) is 11.4. The second kappa shape index (κ2) is 3.72. The molecule has 0 radical (unpaired) electrons. The minimum atomic E-state index is -4.38. The maximum Gasteiger partial charge on any atom is 0.272 e. The van der Waals surface area contributed by atoms with Crippen LogP contribution in [0.5, 0.6) is 0 Å². The minimum absolute atomic E-state index is 0.510. The van der Waals surface area contributed by atoms with E-state index in [0.717, 1.165) is 0 Å². The van der Waals surface area contributed by atoms with Crippen LogP contribution in [0.2, 0.25) is 5.02 Å². The van der Waals surface area contributed by atoms with Crippen LogP contribution in [0.25, 0.3) is 0 Å².